The number of nitrogens with two attached hydrogens (primary N) is 1. The van der Waals surface area contributed by atoms with Crippen LogP contribution in [0.3, 0.4) is 0 Å². The van der Waals surface area contributed by atoms with Crippen LogP contribution in [0.5, 0.6) is 0 Å². The van der Waals surface area contributed by atoms with Gasteiger partial charge in [-0.05, 0) is 43.9 Å². The molecule has 1 atom stereocenters. The minimum atomic E-state index is -0.0850. The molecule has 1 aliphatic rings. The number of nitrogens with zero attached hydrogens (tertiary/aromatic N) is 1. The average Bonchev–Trinajstić information content (AvgIpc) is 2.42. The van der Waals surface area contributed by atoms with E-state index in [2.05, 4.69) is 0 Å². The highest BCUT2D eigenvalue weighted by atomic mass is 35.5. The van der Waals surface area contributed by atoms with Crippen molar-refractivity contribution < 1.29 is 9.90 Å². The highest BCUT2D eigenvalue weighted by Gasteiger charge is 2.28. The van der Waals surface area contributed by atoms with Crippen molar-refractivity contribution in [3.8, 4) is 0 Å². The van der Waals surface area contributed by atoms with Gasteiger partial charge in [0, 0.05) is 29.9 Å². The van der Waals surface area contributed by atoms with Gasteiger partial charge in [0.25, 0.3) is 5.91 Å². The predicted octanol–water partition coefficient (Wildman–Crippen LogP) is 2.30. The van der Waals surface area contributed by atoms with Gasteiger partial charge >= 0.3 is 0 Å². The van der Waals surface area contributed by atoms with Crippen LogP contribution in [0, 0.1) is 0 Å². The fourth-order valence-electron chi connectivity index (χ4n) is 2.59. The zero-order valence-corrected chi connectivity index (χ0v) is 11.6. The number of nitrogen functional groups attached to an aromatic ring is 1. The Labute approximate surface area is 118 Å². The van der Waals surface area contributed by atoms with E-state index >= 15 is 0 Å². The van der Waals surface area contributed by atoms with Crippen molar-refractivity contribution >= 4 is 23.2 Å². The predicted molar refractivity (Wildman–Crippen MR) is 76.2 cm³/mol. The lowest BCUT2D eigenvalue weighted by molar-refractivity contribution is 0.0575. The zero-order valence-electron chi connectivity index (χ0n) is 10.8. The number of anilines is 1. The number of halogens is 1. The molecule has 0 bridgehead atoms. The molecule has 4 nitrogen and oxygen atoms in total. The van der Waals surface area contributed by atoms with Gasteiger partial charge in [0.2, 0.25) is 0 Å². The molecule has 1 aliphatic heterocycles. The SMILES string of the molecule is Nc1ccc(Cl)cc1C(=O)N1CCCCC1CCO. The Kier molecular flexibility index (Phi) is 4.66. The molecule has 19 heavy (non-hydrogen) atoms. The van der Waals surface area contributed by atoms with E-state index in [0.29, 0.717) is 22.7 Å². The van der Waals surface area contributed by atoms with Crippen molar-refractivity contribution in [1.82, 2.24) is 4.90 Å². The molecule has 0 saturated carbocycles. The number of aliphatic hydroxyl groups excluding tert-OH is 1. The highest BCUT2D eigenvalue weighted by Crippen LogP contribution is 2.25. The molecule has 0 aliphatic carbocycles. The van der Waals surface area contributed by atoms with Gasteiger partial charge in [-0.25, -0.2) is 0 Å². The fraction of sp³-hybridized carbons (Fsp3) is 0.500. The summed E-state index contributed by atoms with van der Waals surface area (Å²) in [5.41, 5.74) is 6.76. The Morgan fingerprint density at radius 2 is 2.26 bits per heavy atom. The molecule has 1 aromatic carbocycles. The lowest BCUT2D eigenvalue weighted by atomic mass is 9.98. The first kappa shape index (κ1) is 14.2. The van der Waals surface area contributed by atoms with E-state index in [0.717, 1.165) is 25.8 Å². The number of aliphatic hydroxyl groups is 1. The molecule has 1 amide bonds. The summed E-state index contributed by atoms with van der Waals surface area (Å²) < 4.78 is 0. The van der Waals surface area contributed by atoms with Crippen molar-refractivity contribution in [2.24, 2.45) is 0 Å². The van der Waals surface area contributed by atoms with E-state index in [1.807, 2.05) is 4.90 Å². The number of hydrogen-bond acceptors (Lipinski definition) is 3. The number of benzene rings is 1. The van der Waals surface area contributed by atoms with Crippen LogP contribution in [0.25, 0.3) is 0 Å². The molecule has 1 fully saturated rings. The molecule has 1 heterocycles. The largest absolute Gasteiger partial charge is 0.398 e. The van der Waals surface area contributed by atoms with E-state index in [1.54, 1.807) is 18.2 Å². The number of likely N-dealkylation sites (tertiary alicyclic amines) is 1. The Balaban J connectivity index is 2.23. The number of rotatable bonds is 3. The van der Waals surface area contributed by atoms with Crippen LogP contribution in [0.4, 0.5) is 5.69 Å². The highest BCUT2D eigenvalue weighted by molar-refractivity contribution is 6.31. The molecule has 2 rings (SSSR count). The number of carbonyl (C=O) groups excluding carboxylic acids is 1. The lowest BCUT2D eigenvalue weighted by Gasteiger charge is -2.35. The smallest absolute Gasteiger partial charge is 0.256 e. The lowest BCUT2D eigenvalue weighted by Crippen LogP contribution is -2.44. The van der Waals surface area contributed by atoms with E-state index in [4.69, 9.17) is 22.4 Å². The van der Waals surface area contributed by atoms with Gasteiger partial charge in [-0.15, -0.1) is 0 Å². The summed E-state index contributed by atoms with van der Waals surface area (Å²) in [5.74, 6) is -0.0850. The second-order valence-electron chi connectivity index (χ2n) is 4.89. The van der Waals surface area contributed by atoms with Crippen molar-refractivity contribution in [2.75, 3.05) is 18.9 Å². The Morgan fingerprint density at radius 3 is 3.00 bits per heavy atom. The first-order chi connectivity index (χ1) is 9.13. The molecule has 5 heteroatoms. The quantitative estimate of drug-likeness (QED) is 0.836. The minimum absolute atomic E-state index is 0.0850. The summed E-state index contributed by atoms with van der Waals surface area (Å²) in [4.78, 5) is 14.4. The van der Waals surface area contributed by atoms with Crippen molar-refractivity contribution in [2.45, 2.75) is 31.7 Å². The zero-order chi connectivity index (χ0) is 13.8. The molecule has 1 unspecified atom stereocenters. The standard InChI is InChI=1S/C14H19ClN2O2/c15-10-4-5-13(16)12(9-10)14(19)17-7-2-1-3-11(17)6-8-18/h4-5,9,11,18H,1-3,6-8,16H2. The second-order valence-corrected chi connectivity index (χ2v) is 5.33. The molecular weight excluding hydrogens is 264 g/mol. The maximum atomic E-state index is 12.6. The van der Waals surface area contributed by atoms with E-state index in [1.165, 1.54) is 0 Å². The van der Waals surface area contributed by atoms with Gasteiger partial charge in [-0.2, -0.15) is 0 Å². The Morgan fingerprint density at radius 1 is 1.47 bits per heavy atom. The molecule has 0 aromatic heterocycles. The summed E-state index contributed by atoms with van der Waals surface area (Å²) in [6, 6.07) is 5.05. The van der Waals surface area contributed by atoms with Crippen LogP contribution < -0.4 is 5.73 Å². The Bertz CT molecular complexity index is 463. The van der Waals surface area contributed by atoms with Gasteiger partial charge in [-0.3, -0.25) is 4.79 Å². The van der Waals surface area contributed by atoms with Crippen molar-refractivity contribution in [3.05, 3.63) is 28.8 Å². The summed E-state index contributed by atoms with van der Waals surface area (Å²) in [6.07, 6.45) is 3.65. The minimum Gasteiger partial charge on any atom is -0.398 e. The van der Waals surface area contributed by atoms with Crippen LogP contribution >= 0.6 is 11.6 Å². The third-order valence-corrected chi connectivity index (χ3v) is 3.83. The first-order valence-electron chi connectivity index (χ1n) is 6.60. The van der Waals surface area contributed by atoms with Crippen molar-refractivity contribution in [3.63, 3.8) is 0 Å². The fourth-order valence-corrected chi connectivity index (χ4v) is 2.76. The average molecular weight is 283 g/mol. The summed E-state index contributed by atoms with van der Waals surface area (Å²) in [7, 11) is 0. The molecule has 1 aromatic rings. The van der Waals surface area contributed by atoms with Crippen LogP contribution in [0.1, 0.15) is 36.0 Å². The monoisotopic (exact) mass is 282 g/mol. The van der Waals surface area contributed by atoms with Crippen molar-refractivity contribution in [1.29, 1.82) is 0 Å². The molecular formula is C14H19ClN2O2. The third kappa shape index (κ3) is 3.19. The molecule has 104 valence electrons. The molecule has 3 N–H and O–H groups in total. The number of carbonyl (C=O) groups is 1. The summed E-state index contributed by atoms with van der Waals surface area (Å²) in [5, 5.41) is 9.61. The Hall–Kier alpha value is -1.26. The van der Waals surface area contributed by atoms with Gasteiger partial charge in [-0.1, -0.05) is 11.6 Å². The maximum absolute atomic E-state index is 12.6. The van der Waals surface area contributed by atoms with Gasteiger partial charge in [0.05, 0.1) is 5.56 Å². The number of piperidine rings is 1. The molecule has 0 spiro atoms. The number of amides is 1. The van der Waals surface area contributed by atoms with Gasteiger partial charge < -0.3 is 15.7 Å². The summed E-state index contributed by atoms with van der Waals surface area (Å²) >= 11 is 5.93. The molecule has 0 radical (unpaired) electrons. The van der Waals surface area contributed by atoms with Crippen LogP contribution in [-0.4, -0.2) is 35.1 Å². The van der Waals surface area contributed by atoms with E-state index in [9.17, 15) is 4.79 Å². The maximum Gasteiger partial charge on any atom is 0.256 e. The topological polar surface area (TPSA) is 66.6 Å². The molecule has 1 saturated heterocycles. The summed E-state index contributed by atoms with van der Waals surface area (Å²) in [6.45, 7) is 0.814. The van der Waals surface area contributed by atoms with Gasteiger partial charge in [0.15, 0.2) is 0 Å². The van der Waals surface area contributed by atoms with Crippen LogP contribution in [0.2, 0.25) is 5.02 Å². The van der Waals surface area contributed by atoms with E-state index in [-0.39, 0.29) is 18.6 Å². The normalized spacial score (nSPS) is 19.5. The van der Waals surface area contributed by atoms with Crippen LogP contribution in [-0.2, 0) is 0 Å². The second kappa shape index (κ2) is 6.26. The van der Waals surface area contributed by atoms with Crippen LogP contribution in [0.15, 0.2) is 18.2 Å². The third-order valence-electron chi connectivity index (χ3n) is 3.60. The number of hydrogen-bond donors (Lipinski definition) is 2. The first-order valence-corrected chi connectivity index (χ1v) is 6.98. The van der Waals surface area contributed by atoms with E-state index < -0.39 is 0 Å². The van der Waals surface area contributed by atoms with Gasteiger partial charge in [0.1, 0.15) is 0 Å².